The third kappa shape index (κ3) is 3.98. The Morgan fingerprint density at radius 2 is 2.04 bits per heavy atom. The molecule has 1 aliphatic rings. The number of benzene rings is 1. The first-order valence-corrected chi connectivity index (χ1v) is 8.91. The van der Waals surface area contributed by atoms with Crippen molar-refractivity contribution >= 4 is 34.3 Å². The molecule has 1 atom stereocenters. The molecule has 0 bridgehead atoms. The predicted octanol–water partition coefficient (Wildman–Crippen LogP) is 4.33. The van der Waals surface area contributed by atoms with Crippen LogP contribution in [0.15, 0.2) is 30.5 Å². The number of halogens is 1. The molecule has 1 aromatic carbocycles. The molecule has 1 saturated heterocycles. The number of hydrogen-bond donors (Lipinski definition) is 0. The van der Waals surface area contributed by atoms with Crippen LogP contribution in [-0.4, -0.2) is 47.3 Å². The van der Waals surface area contributed by atoms with Crippen LogP contribution in [0, 0.1) is 0 Å². The summed E-state index contributed by atoms with van der Waals surface area (Å²) in [6, 6.07) is 7.98. The minimum Gasteiger partial charge on any atom is -0.444 e. The van der Waals surface area contributed by atoms with Gasteiger partial charge in [-0.3, -0.25) is 4.98 Å². The minimum absolute atomic E-state index is 0.183. The Bertz CT molecular complexity index is 788. The van der Waals surface area contributed by atoms with Crippen LogP contribution in [0.2, 0.25) is 5.02 Å². The largest absolute Gasteiger partial charge is 0.444 e. The van der Waals surface area contributed by atoms with Crippen molar-refractivity contribution in [2.75, 3.05) is 24.5 Å². The van der Waals surface area contributed by atoms with Crippen molar-refractivity contribution in [2.45, 2.75) is 39.3 Å². The summed E-state index contributed by atoms with van der Waals surface area (Å²) in [6.07, 6.45) is 1.56. The molecule has 5 nitrogen and oxygen atoms in total. The van der Waals surface area contributed by atoms with Crippen LogP contribution >= 0.6 is 11.6 Å². The van der Waals surface area contributed by atoms with Crippen LogP contribution in [0.25, 0.3) is 10.9 Å². The molecule has 6 heteroatoms. The second-order valence-electron chi connectivity index (χ2n) is 7.46. The van der Waals surface area contributed by atoms with E-state index < -0.39 is 5.60 Å². The van der Waals surface area contributed by atoms with Gasteiger partial charge in [0.2, 0.25) is 0 Å². The highest BCUT2D eigenvalue weighted by Gasteiger charge is 2.30. The third-order valence-corrected chi connectivity index (χ3v) is 4.51. The molecule has 1 amide bonds. The molecule has 1 aromatic heterocycles. The molecule has 0 aliphatic carbocycles. The van der Waals surface area contributed by atoms with Gasteiger partial charge in [-0.25, -0.2) is 4.79 Å². The van der Waals surface area contributed by atoms with E-state index in [2.05, 4.69) is 16.8 Å². The lowest BCUT2D eigenvalue weighted by Crippen LogP contribution is -2.54. The second-order valence-corrected chi connectivity index (χ2v) is 7.90. The van der Waals surface area contributed by atoms with Gasteiger partial charge in [-0.15, -0.1) is 0 Å². The van der Waals surface area contributed by atoms with Crippen LogP contribution in [0.5, 0.6) is 0 Å². The first-order chi connectivity index (χ1) is 11.7. The molecule has 2 heterocycles. The topological polar surface area (TPSA) is 45.7 Å². The highest BCUT2D eigenvalue weighted by molar-refractivity contribution is 6.31. The maximum absolute atomic E-state index is 12.3. The van der Waals surface area contributed by atoms with E-state index in [4.69, 9.17) is 16.3 Å². The molecular formula is C19H24ClN3O2. The van der Waals surface area contributed by atoms with E-state index in [1.807, 2.05) is 45.0 Å². The fraction of sp³-hybridized carbons (Fsp3) is 0.474. The summed E-state index contributed by atoms with van der Waals surface area (Å²) in [5, 5.41) is 1.75. The number of amides is 1. The molecule has 2 aromatic rings. The number of anilines is 1. The number of nitrogens with zero attached hydrogens (tertiary/aromatic N) is 3. The van der Waals surface area contributed by atoms with Crippen molar-refractivity contribution in [3.63, 3.8) is 0 Å². The fourth-order valence-electron chi connectivity index (χ4n) is 3.16. The van der Waals surface area contributed by atoms with E-state index >= 15 is 0 Å². The van der Waals surface area contributed by atoms with Crippen LogP contribution in [0.1, 0.15) is 27.7 Å². The monoisotopic (exact) mass is 361 g/mol. The molecule has 0 radical (unpaired) electrons. The lowest BCUT2D eigenvalue weighted by Gasteiger charge is -2.41. The molecule has 1 fully saturated rings. The van der Waals surface area contributed by atoms with Crippen molar-refractivity contribution in [3.8, 4) is 0 Å². The van der Waals surface area contributed by atoms with E-state index in [9.17, 15) is 4.79 Å². The molecule has 0 spiro atoms. The quantitative estimate of drug-likeness (QED) is 0.758. The Morgan fingerprint density at radius 1 is 1.28 bits per heavy atom. The summed E-state index contributed by atoms with van der Waals surface area (Å²) in [7, 11) is 0. The highest BCUT2D eigenvalue weighted by Crippen LogP contribution is 2.30. The summed E-state index contributed by atoms with van der Waals surface area (Å²) >= 11 is 6.08. The average molecular weight is 362 g/mol. The van der Waals surface area contributed by atoms with E-state index in [-0.39, 0.29) is 12.1 Å². The fourth-order valence-corrected chi connectivity index (χ4v) is 3.33. The van der Waals surface area contributed by atoms with Gasteiger partial charge in [0.25, 0.3) is 0 Å². The van der Waals surface area contributed by atoms with Gasteiger partial charge in [0.1, 0.15) is 5.60 Å². The first-order valence-electron chi connectivity index (χ1n) is 8.53. The molecule has 134 valence electrons. The van der Waals surface area contributed by atoms with Crippen LogP contribution < -0.4 is 4.90 Å². The first kappa shape index (κ1) is 17.8. The molecule has 0 N–H and O–H groups in total. The van der Waals surface area contributed by atoms with Gasteiger partial charge in [-0.2, -0.15) is 0 Å². The number of aromatic nitrogens is 1. The Kier molecular flexibility index (Phi) is 4.78. The summed E-state index contributed by atoms with van der Waals surface area (Å²) in [6.45, 7) is 9.81. The lowest BCUT2D eigenvalue weighted by molar-refractivity contribution is 0.0219. The highest BCUT2D eigenvalue weighted by atomic mass is 35.5. The zero-order chi connectivity index (χ0) is 18.2. The van der Waals surface area contributed by atoms with Crippen molar-refractivity contribution in [2.24, 2.45) is 0 Å². The zero-order valence-electron chi connectivity index (χ0n) is 15.1. The van der Waals surface area contributed by atoms with Gasteiger partial charge in [0.05, 0.1) is 5.52 Å². The van der Waals surface area contributed by atoms with E-state index in [1.165, 1.54) is 0 Å². The van der Waals surface area contributed by atoms with Gasteiger partial charge < -0.3 is 14.5 Å². The number of carbonyl (C=O) groups is 1. The predicted molar refractivity (Wildman–Crippen MR) is 101 cm³/mol. The Labute approximate surface area is 153 Å². The van der Waals surface area contributed by atoms with Gasteiger partial charge in [0, 0.05) is 48.0 Å². The second kappa shape index (κ2) is 6.71. The van der Waals surface area contributed by atoms with Crippen molar-refractivity contribution in [3.05, 3.63) is 35.5 Å². The van der Waals surface area contributed by atoms with Crippen LogP contribution in [-0.2, 0) is 4.74 Å². The third-order valence-electron chi connectivity index (χ3n) is 4.27. The van der Waals surface area contributed by atoms with E-state index in [0.29, 0.717) is 18.1 Å². The Hall–Kier alpha value is -2.01. The normalized spacial score (nSPS) is 18.5. The van der Waals surface area contributed by atoms with Gasteiger partial charge >= 0.3 is 6.09 Å². The molecule has 3 rings (SSSR count). The number of carbonyl (C=O) groups excluding carboxylic acids is 1. The van der Waals surface area contributed by atoms with Crippen molar-refractivity contribution < 1.29 is 9.53 Å². The maximum Gasteiger partial charge on any atom is 0.410 e. The standard InChI is InChI=1S/C19H24ClN3O2/c1-13-12-22(18(24)25-19(2,3)4)9-10-23(13)17-7-8-21-16-11-14(20)5-6-15(16)17/h5-8,11,13H,9-10,12H2,1-4H3. The summed E-state index contributed by atoms with van der Waals surface area (Å²) in [5.74, 6) is 0. The SMILES string of the molecule is CC1CN(C(=O)OC(C)(C)C)CCN1c1ccnc2cc(Cl)ccc12. The molecule has 1 aliphatic heterocycles. The van der Waals surface area contributed by atoms with Crippen molar-refractivity contribution in [1.82, 2.24) is 9.88 Å². The van der Waals surface area contributed by atoms with E-state index in [1.54, 1.807) is 11.1 Å². The molecular weight excluding hydrogens is 338 g/mol. The summed E-state index contributed by atoms with van der Waals surface area (Å²) in [4.78, 5) is 20.8. The molecule has 0 saturated carbocycles. The van der Waals surface area contributed by atoms with Crippen molar-refractivity contribution in [1.29, 1.82) is 0 Å². The summed E-state index contributed by atoms with van der Waals surface area (Å²) in [5.41, 5.74) is 1.53. The number of ether oxygens (including phenoxy) is 1. The summed E-state index contributed by atoms with van der Waals surface area (Å²) < 4.78 is 5.49. The maximum atomic E-state index is 12.3. The number of rotatable bonds is 1. The zero-order valence-corrected chi connectivity index (χ0v) is 15.9. The van der Waals surface area contributed by atoms with Crippen LogP contribution in [0.4, 0.5) is 10.5 Å². The van der Waals surface area contributed by atoms with E-state index in [0.717, 1.165) is 23.1 Å². The Balaban J connectivity index is 1.79. The smallest absolute Gasteiger partial charge is 0.410 e. The Morgan fingerprint density at radius 3 is 2.72 bits per heavy atom. The average Bonchev–Trinajstić information content (AvgIpc) is 2.52. The number of pyridine rings is 1. The lowest BCUT2D eigenvalue weighted by atomic mass is 10.1. The molecule has 25 heavy (non-hydrogen) atoms. The number of fused-ring (bicyclic) bond motifs is 1. The van der Waals surface area contributed by atoms with Crippen LogP contribution in [0.3, 0.4) is 0 Å². The van der Waals surface area contributed by atoms with Gasteiger partial charge in [-0.05, 0) is 52.0 Å². The number of hydrogen-bond acceptors (Lipinski definition) is 4. The molecule has 1 unspecified atom stereocenters. The number of piperazine rings is 1. The van der Waals surface area contributed by atoms with Gasteiger partial charge in [0.15, 0.2) is 0 Å². The van der Waals surface area contributed by atoms with Gasteiger partial charge in [-0.1, -0.05) is 11.6 Å². The minimum atomic E-state index is -0.474.